The summed E-state index contributed by atoms with van der Waals surface area (Å²) >= 11 is 0. The summed E-state index contributed by atoms with van der Waals surface area (Å²) in [6, 6.07) is 15.1. The molecule has 1 N–H and O–H groups in total. The van der Waals surface area contributed by atoms with Gasteiger partial charge in [0.1, 0.15) is 0 Å². The van der Waals surface area contributed by atoms with Gasteiger partial charge < -0.3 is 10.2 Å². The third-order valence-corrected chi connectivity index (χ3v) is 3.69. The number of likely N-dealkylation sites (N-methyl/N-ethyl adjacent to an activating group) is 1. The summed E-state index contributed by atoms with van der Waals surface area (Å²) in [6.45, 7) is 9.81. The molecule has 2 aromatic rings. The lowest BCUT2D eigenvalue weighted by Gasteiger charge is -2.18. The van der Waals surface area contributed by atoms with Crippen LogP contribution in [0, 0.1) is 0 Å². The molecule has 19 heavy (non-hydrogen) atoms. The van der Waals surface area contributed by atoms with E-state index in [1.165, 1.54) is 16.3 Å². The van der Waals surface area contributed by atoms with Crippen molar-refractivity contribution in [3.8, 4) is 0 Å². The van der Waals surface area contributed by atoms with E-state index in [-0.39, 0.29) is 0 Å². The molecular weight excluding hydrogens is 232 g/mol. The van der Waals surface area contributed by atoms with Crippen molar-refractivity contribution < 1.29 is 0 Å². The van der Waals surface area contributed by atoms with Gasteiger partial charge >= 0.3 is 0 Å². The first-order valence-electron chi connectivity index (χ1n) is 7.24. The van der Waals surface area contributed by atoms with E-state index in [0.29, 0.717) is 0 Å². The van der Waals surface area contributed by atoms with E-state index >= 15 is 0 Å². The second-order valence-corrected chi connectivity index (χ2v) is 4.84. The molecule has 0 unspecified atom stereocenters. The average Bonchev–Trinajstić information content (AvgIpc) is 2.47. The molecule has 0 spiro atoms. The maximum atomic E-state index is 3.55. The minimum Gasteiger partial charge on any atom is -0.311 e. The summed E-state index contributed by atoms with van der Waals surface area (Å²) in [5.74, 6) is 0. The highest BCUT2D eigenvalue weighted by molar-refractivity contribution is 5.85. The van der Waals surface area contributed by atoms with Crippen LogP contribution in [0.4, 0.5) is 0 Å². The van der Waals surface area contributed by atoms with Crippen LogP contribution >= 0.6 is 0 Å². The average molecular weight is 256 g/mol. The maximum Gasteiger partial charge on any atom is 0.0212 e. The molecule has 0 radical (unpaired) electrons. The van der Waals surface area contributed by atoms with E-state index in [1.807, 2.05) is 0 Å². The van der Waals surface area contributed by atoms with E-state index in [2.05, 4.69) is 66.5 Å². The highest BCUT2D eigenvalue weighted by Gasteiger charge is 2.01. The van der Waals surface area contributed by atoms with Gasteiger partial charge in [0, 0.05) is 19.6 Å². The standard InChI is InChI=1S/C17H24N2/c1-3-19(4-2)13-12-18-14-16-10-7-9-15-8-5-6-11-17(15)16/h5-11,18H,3-4,12-14H2,1-2H3. The predicted octanol–water partition coefficient (Wildman–Crippen LogP) is 3.27. The number of rotatable bonds is 7. The predicted molar refractivity (Wildman–Crippen MR) is 83.4 cm³/mol. The van der Waals surface area contributed by atoms with Gasteiger partial charge in [-0.15, -0.1) is 0 Å². The van der Waals surface area contributed by atoms with Crippen molar-refractivity contribution in [3.05, 3.63) is 48.0 Å². The fourth-order valence-electron chi connectivity index (χ4n) is 2.45. The van der Waals surface area contributed by atoms with Crippen molar-refractivity contribution >= 4 is 10.8 Å². The van der Waals surface area contributed by atoms with Crippen LogP contribution in [0.1, 0.15) is 19.4 Å². The van der Waals surface area contributed by atoms with Crippen molar-refractivity contribution in [2.24, 2.45) is 0 Å². The van der Waals surface area contributed by atoms with Crippen molar-refractivity contribution in [1.82, 2.24) is 10.2 Å². The van der Waals surface area contributed by atoms with Gasteiger partial charge in [0.25, 0.3) is 0 Å². The van der Waals surface area contributed by atoms with Gasteiger partial charge in [-0.25, -0.2) is 0 Å². The van der Waals surface area contributed by atoms with Gasteiger partial charge in [-0.3, -0.25) is 0 Å². The SMILES string of the molecule is CCN(CC)CCNCc1cccc2ccccc12. The van der Waals surface area contributed by atoms with Crippen molar-refractivity contribution in [2.75, 3.05) is 26.2 Å². The summed E-state index contributed by atoms with van der Waals surface area (Å²) in [6.07, 6.45) is 0. The van der Waals surface area contributed by atoms with Crippen molar-refractivity contribution in [2.45, 2.75) is 20.4 Å². The first-order chi connectivity index (χ1) is 9.35. The molecule has 0 aliphatic rings. The number of nitrogens with zero attached hydrogens (tertiary/aromatic N) is 1. The Morgan fingerprint density at radius 2 is 1.68 bits per heavy atom. The molecule has 0 amide bonds. The van der Waals surface area contributed by atoms with E-state index in [0.717, 1.165) is 32.7 Å². The molecule has 0 aromatic heterocycles. The third kappa shape index (κ3) is 3.79. The second kappa shape index (κ2) is 7.27. The zero-order valence-electron chi connectivity index (χ0n) is 12.0. The largest absolute Gasteiger partial charge is 0.311 e. The Morgan fingerprint density at radius 3 is 2.47 bits per heavy atom. The number of hydrogen-bond acceptors (Lipinski definition) is 2. The first kappa shape index (κ1) is 14.0. The Kier molecular flexibility index (Phi) is 5.37. The van der Waals surface area contributed by atoms with E-state index in [1.54, 1.807) is 0 Å². The van der Waals surface area contributed by atoms with E-state index < -0.39 is 0 Å². The minimum atomic E-state index is 0.947. The number of benzene rings is 2. The minimum absolute atomic E-state index is 0.947. The topological polar surface area (TPSA) is 15.3 Å². The molecule has 2 rings (SSSR count). The first-order valence-corrected chi connectivity index (χ1v) is 7.24. The molecule has 0 fully saturated rings. The van der Waals surface area contributed by atoms with Crippen LogP contribution in [0.5, 0.6) is 0 Å². The Balaban J connectivity index is 1.91. The summed E-state index contributed by atoms with van der Waals surface area (Å²) in [7, 11) is 0. The lowest BCUT2D eigenvalue weighted by Crippen LogP contribution is -2.31. The quantitative estimate of drug-likeness (QED) is 0.765. The highest BCUT2D eigenvalue weighted by atomic mass is 15.1. The van der Waals surface area contributed by atoms with Gasteiger partial charge in [0.05, 0.1) is 0 Å². The van der Waals surface area contributed by atoms with Crippen molar-refractivity contribution in [3.63, 3.8) is 0 Å². The van der Waals surface area contributed by atoms with Crippen LogP contribution in [0.25, 0.3) is 10.8 Å². The van der Waals surface area contributed by atoms with Crippen LogP contribution in [0.3, 0.4) is 0 Å². The van der Waals surface area contributed by atoms with Gasteiger partial charge in [-0.2, -0.15) is 0 Å². The molecule has 2 heteroatoms. The van der Waals surface area contributed by atoms with Gasteiger partial charge in [0.2, 0.25) is 0 Å². The molecule has 2 aromatic carbocycles. The molecule has 0 saturated carbocycles. The highest BCUT2D eigenvalue weighted by Crippen LogP contribution is 2.17. The molecule has 0 heterocycles. The smallest absolute Gasteiger partial charge is 0.0212 e. The summed E-state index contributed by atoms with van der Waals surface area (Å²) < 4.78 is 0. The molecule has 2 nitrogen and oxygen atoms in total. The van der Waals surface area contributed by atoms with Crippen LogP contribution in [-0.4, -0.2) is 31.1 Å². The van der Waals surface area contributed by atoms with Gasteiger partial charge in [0.15, 0.2) is 0 Å². The zero-order valence-corrected chi connectivity index (χ0v) is 12.0. The molecule has 0 bridgehead atoms. The Hall–Kier alpha value is -1.38. The van der Waals surface area contributed by atoms with Crippen LogP contribution in [-0.2, 0) is 6.54 Å². The Bertz CT molecular complexity index is 498. The second-order valence-electron chi connectivity index (χ2n) is 4.84. The van der Waals surface area contributed by atoms with E-state index in [9.17, 15) is 0 Å². The molecular formula is C17H24N2. The fourth-order valence-corrected chi connectivity index (χ4v) is 2.45. The van der Waals surface area contributed by atoms with Gasteiger partial charge in [-0.1, -0.05) is 56.3 Å². The van der Waals surface area contributed by atoms with Crippen LogP contribution < -0.4 is 5.32 Å². The number of fused-ring (bicyclic) bond motifs is 1. The number of hydrogen-bond donors (Lipinski definition) is 1. The molecule has 0 aliphatic carbocycles. The zero-order chi connectivity index (χ0) is 13.5. The third-order valence-electron chi connectivity index (χ3n) is 3.69. The Labute approximate surface area is 116 Å². The fraction of sp³-hybridized carbons (Fsp3) is 0.412. The monoisotopic (exact) mass is 256 g/mol. The molecule has 0 atom stereocenters. The molecule has 0 saturated heterocycles. The maximum absolute atomic E-state index is 3.55. The molecule has 0 aliphatic heterocycles. The lowest BCUT2D eigenvalue weighted by molar-refractivity contribution is 0.302. The number of nitrogens with one attached hydrogen (secondary N) is 1. The lowest BCUT2D eigenvalue weighted by atomic mass is 10.0. The van der Waals surface area contributed by atoms with Crippen LogP contribution in [0.15, 0.2) is 42.5 Å². The van der Waals surface area contributed by atoms with Crippen molar-refractivity contribution in [1.29, 1.82) is 0 Å². The Morgan fingerprint density at radius 1 is 0.947 bits per heavy atom. The molecule has 102 valence electrons. The summed E-state index contributed by atoms with van der Waals surface area (Å²) in [5, 5.41) is 6.24. The van der Waals surface area contributed by atoms with Gasteiger partial charge in [-0.05, 0) is 29.4 Å². The normalized spacial score (nSPS) is 11.3. The summed E-state index contributed by atoms with van der Waals surface area (Å²) in [4.78, 5) is 2.44. The van der Waals surface area contributed by atoms with Crippen LogP contribution in [0.2, 0.25) is 0 Å². The summed E-state index contributed by atoms with van der Waals surface area (Å²) in [5.41, 5.74) is 1.39. The van der Waals surface area contributed by atoms with E-state index in [4.69, 9.17) is 0 Å².